The molecule has 0 bridgehead atoms. The highest BCUT2D eigenvalue weighted by atomic mass is 32.1. The van der Waals surface area contributed by atoms with Crippen LogP contribution in [-0.2, 0) is 0 Å². The normalized spacial score (nSPS) is 15.1. The predicted molar refractivity (Wildman–Crippen MR) is 104 cm³/mol. The SMILES string of the molecule is ONc1ccc(Oc2ccc3nc(NCC4CCCCC4)sc3c2)cn1. The van der Waals surface area contributed by atoms with Crippen molar-refractivity contribution >= 4 is 32.5 Å². The molecule has 26 heavy (non-hydrogen) atoms. The molecule has 1 aromatic carbocycles. The molecule has 2 heterocycles. The zero-order chi connectivity index (χ0) is 17.8. The van der Waals surface area contributed by atoms with Gasteiger partial charge >= 0.3 is 0 Å². The first kappa shape index (κ1) is 17.1. The third kappa shape index (κ3) is 4.05. The van der Waals surface area contributed by atoms with E-state index in [0.717, 1.165) is 33.6 Å². The van der Waals surface area contributed by atoms with Gasteiger partial charge in [0.25, 0.3) is 0 Å². The minimum Gasteiger partial charge on any atom is -0.456 e. The number of nitrogens with zero attached hydrogens (tertiary/aromatic N) is 2. The van der Waals surface area contributed by atoms with E-state index in [0.29, 0.717) is 11.6 Å². The van der Waals surface area contributed by atoms with Crippen LogP contribution in [-0.4, -0.2) is 21.7 Å². The van der Waals surface area contributed by atoms with E-state index in [1.54, 1.807) is 29.7 Å². The van der Waals surface area contributed by atoms with Gasteiger partial charge in [0.1, 0.15) is 17.3 Å². The molecule has 1 aliphatic carbocycles. The Morgan fingerprint density at radius 1 is 1.12 bits per heavy atom. The number of nitrogens with one attached hydrogen (secondary N) is 2. The molecule has 7 heteroatoms. The zero-order valence-electron chi connectivity index (χ0n) is 14.4. The second-order valence-corrected chi connectivity index (χ2v) is 7.66. The second-order valence-electron chi connectivity index (χ2n) is 6.63. The van der Waals surface area contributed by atoms with Crippen LogP contribution in [0.1, 0.15) is 32.1 Å². The summed E-state index contributed by atoms with van der Waals surface area (Å²) in [5.74, 6) is 2.51. The lowest BCUT2D eigenvalue weighted by molar-refractivity contribution is 0.373. The van der Waals surface area contributed by atoms with Gasteiger partial charge in [-0.15, -0.1) is 0 Å². The van der Waals surface area contributed by atoms with Crippen LogP contribution in [0, 0.1) is 5.92 Å². The van der Waals surface area contributed by atoms with Crippen molar-refractivity contribution in [1.29, 1.82) is 0 Å². The van der Waals surface area contributed by atoms with Crippen LogP contribution in [0.2, 0.25) is 0 Å². The Morgan fingerprint density at radius 3 is 2.73 bits per heavy atom. The molecular formula is C19H22N4O2S. The average Bonchev–Trinajstić information content (AvgIpc) is 3.10. The number of aromatic nitrogens is 2. The Bertz CT molecular complexity index is 860. The summed E-state index contributed by atoms with van der Waals surface area (Å²) >= 11 is 1.66. The van der Waals surface area contributed by atoms with Crippen molar-refractivity contribution in [3.05, 3.63) is 36.5 Å². The molecule has 3 N–H and O–H groups in total. The maximum atomic E-state index is 8.80. The highest BCUT2D eigenvalue weighted by Gasteiger charge is 2.14. The molecule has 0 atom stereocenters. The Morgan fingerprint density at radius 2 is 1.96 bits per heavy atom. The monoisotopic (exact) mass is 370 g/mol. The molecule has 0 amide bonds. The van der Waals surface area contributed by atoms with E-state index in [9.17, 15) is 0 Å². The van der Waals surface area contributed by atoms with Crippen LogP contribution >= 0.6 is 11.3 Å². The Labute approximate surface area is 156 Å². The summed E-state index contributed by atoms with van der Waals surface area (Å²) in [6.45, 7) is 1.01. The van der Waals surface area contributed by atoms with Gasteiger partial charge in [0.15, 0.2) is 5.13 Å². The summed E-state index contributed by atoms with van der Waals surface area (Å²) in [5, 5.41) is 13.3. The lowest BCUT2D eigenvalue weighted by Crippen LogP contribution is -2.16. The first-order valence-corrected chi connectivity index (χ1v) is 9.80. The van der Waals surface area contributed by atoms with Crippen LogP contribution in [0.3, 0.4) is 0 Å². The number of ether oxygens (including phenoxy) is 1. The number of anilines is 2. The summed E-state index contributed by atoms with van der Waals surface area (Å²) < 4.78 is 6.93. The van der Waals surface area contributed by atoms with E-state index in [1.165, 1.54) is 32.1 Å². The molecule has 4 rings (SSSR count). The molecule has 136 valence electrons. The van der Waals surface area contributed by atoms with Gasteiger partial charge < -0.3 is 10.1 Å². The van der Waals surface area contributed by atoms with Crippen molar-refractivity contribution in [3.8, 4) is 11.5 Å². The summed E-state index contributed by atoms with van der Waals surface area (Å²) in [7, 11) is 0. The number of thiazole rings is 1. The van der Waals surface area contributed by atoms with Crippen LogP contribution in [0.25, 0.3) is 10.2 Å². The van der Waals surface area contributed by atoms with Crippen LogP contribution in [0.15, 0.2) is 36.5 Å². The second kappa shape index (κ2) is 7.88. The summed E-state index contributed by atoms with van der Waals surface area (Å²) in [5.41, 5.74) is 2.98. The number of hydrogen-bond acceptors (Lipinski definition) is 7. The van der Waals surface area contributed by atoms with Crippen molar-refractivity contribution in [3.63, 3.8) is 0 Å². The summed E-state index contributed by atoms with van der Waals surface area (Å²) in [4.78, 5) is 8.69. The van der Waals surface area contributed by atoms with E-state index >= 15 is 0 Å². The van der Waals surface area contributed by atoms with Crippen molar-refractivity contribution in [2.24, 2.45) is 5.92 Å². The molecule has 3 aromatic rings. The largest absolute Gasteiger partial charge is 0.456 e. The maximum absolute atomic E-state index is 8.80. The standard InChI is InChI=1S/C19H22N4O2S/c24-23-18-9-7-15(12-20-18)25-14-6-8-16-17(10-14)26-19(22-16)21-11-13-4-2-1-3-5-13/h6-10,12-13,24H,1-5,11H2,(H,20,23)(H,21,22). The van der Waals surface area contributed by atoms with E-state index in [4.69, 9.17) is 9.94 Å². The third-order valence-electron chi connectivity index (χ3n) is 4.71. The number of rotatable bonds is 6. The Hall–Kier alpha value is -2.38. The minimum absolute atomic E-state index is 0.379. The molecule has 0 radical (unpaired) electrons. The van der Waals surface area contributed by atoms with Gasteiger partial charge in [-0.2, -0.15) is 0 Å². The van der Waals surface area contributed by atoms with Crippen molar-refractivity contribution in [2.45, 2.75) is 32.1 Å². The van der Waals surface area contributed by atoms with Gasteiger partial charge in [-0.3, -0.25) is 10.7 Å². The van der Waals surface area contributed by atoms with Crippen LogP contribution in [0.5, 0.6) is 11.5 Å². The molecule has 1 fully saturated rings. The molecular weight excluding hydrogens is 348 g/mol. The van der Waals surface area contributed by atoms with Gasteiger partial charge in [-0.05, 0) is 43.0 Å². The quantitative estimate of drug-likeness (QED) is 0.513. The van der Waals surface area contributed by atoms with Gasteiger partial charge in [0, 0.05) is 12.6 Å². The van der Waals surface area contributed by atoms with Gasteiger partial charge in [-0.1, -0.05) is 30.6 Å². The molecule has 2 aromatic heterocycles. The third-order valence-corrected chi connectivity index (χ3v) is 5.69. The first-order valence-electron chi connectivity index (χ1n) is 8.98. The van der Waals surface area contributed by atoms with Crippen molar-refractivity contribution in [2.75, 3.05) is 17.3 Å². The molecule has 0 spiro atoms. The lowest BCUT2D eigenvalue weighted by Gasteiger charge is -2.21. The predicted octanol–water partition coefficient (Wildman–Crippen LogP) is 5.28. The molecule has 0 unspecified atom stereocenters. The van der Waals surface area contributed by atoms with Gasteiger partial charge in [0.2, 0.25) is 0 Å². The topological polar surface area (TPSA) is 79.3 Å². The highest BCUT2D eigenvalue weighted by molar-refractivity contribution is 7.22. The number of fused-ring (bicyclic) bond motifs is 1. The van der Waals surface area contributed by atoms with Crippen molar-refractivity contribution < 1.29 is 9.94 Å². The molecule has 6 nitrogen and oxygen atoms in total. The van der Waals surface area contributed by atoms with Crippen molar-refractivity contribution in [1.82, 2.24) is 9.97 Å². The fraction of sp³-hybridized carbons (Fsp3) is 0.368. The molecule has 0 aliphatic heterocycles. The smallest absolute Gasteiger partial charge is 0.183 e. The minimum atomic E-state index is 0.379. The maximum Gasteiger partial charge on any atom is 0.183 e. The first-order chi connectivity index (χ1) is 12.8. The van der Waals surface area contributed by atoms with E-state index in [-0.39, 0.29) is 0 Å². The van der Waals surface area contributed by atoms with E-state index in [1.807, 2.05) is 23.7 Å². The van der Waals surface area contributed by atoms with Crippen LogP contribution < -0.4 is 15.5 Å². The van der Waals surface area contributed by atoms with Gasteiger partial charge in [0.05, 0.1) is 16.4 Å². The van der Waals surface area contributed by atoms with E-state index in [2.05, 4.69) is 15.3 Å². The number of pyridine rings is 1. The molecule has 0 saturated heterocycles. The fourth-order valence-electron chi connectivity index (χ4n) is 3.31. The van der Waals surface area contributed by atoms with Crippen LogP contribution in [0.4, 0.5) is 10.9 Å². The summed E-state index contributed by atoms with van der Waals surface area (Å²) in [6, 6.07) is 9.28. The Kier molecular flexibility index (Phi) is 5.17. The lowest BCUT2D eigenvalue weighted by atomic mass is 9.89. The zero-order valence-corrected chi connectivity index (χ0v) is 15.3. The molecule has 1 aliphatic rings. The Balaban J connectivity index is 1.42. The number of benzene rings is 1. The highest BCUT2D eigenvalue weighted by Crippen LogP contribution is 2.32. The molecule has 1 saturated carbocycles. The van der Waals surface area contributed by atoms with E-state index < -0.39 is 0 Å². The average molecular weight is 370 g/mol. The number of hydrogen-bond donors (Lipinski definition) is 3. The summed E-state index contributed by atoms with van der Waals surface area (Å²) in [6.07, 6.45) is 8.32. The van der Waals surface area contributed by atoms with Gasteiger partial charge in [-0.25, -0.2) is 9.97 Å². The fourth-order valence-corrected chi connectivity index (χ4v) is 4.21.